The summed E-state index contributed by atoms with van der Waals surface area (Å²) >= 11 is 0. The molecule has 0 aromatic rings. The minimum absolute atomic E-state index is 0.135. The molecule has 0 saturated carbocycles. The van der Waals surface area contributed by atoms with Crippen molar-refractivity contribution in [2.24, 2.45) is 0 Å². The maximum absolute atomic E-state index is 11.8. The van der Waals surface area contributed by atoms with Crippen LogP contribution in [0.15, 0.2) is 0 Å². The molecule has 3 heteroatoms. The van der Waals surface area contributed by atoms with Crippen molar-refractivity contribution >= 4 is 6.09 Å². The first-order valence-corrected chi connectivity index (χ1v) is 6.03. The number of rotatable bonds is 2. The predicted octanol–water partition coefficient (Wildman–Crippen LogP) is 3.19. The zero-order valence-electron chi connectivity index (χ0n) is 10.2. The average molecular weight is 213 g/mol. The quantitative estimate of drug-likeness (QED) is 0.705. The normalized spacial score (nSPS) is 18.5. The third-order valence-corrected chi connectivity index (χ3v) is 3.08. The average Bonchev–Trinajstić information content (AvgIpc) is 2.45. The summed E-state index contributed by atoms with van der Waals surface area (Å²) in [6.45, 7) is 7.68. The molecule has 0 spiro atoms. The van der Waals surface area contributed by atoms with Gasteiger partial charge in [0.2, 0.25) is 0 Å². The lowest BCUT2D eigenvalue weighted by atomic mass is 10.1. The molecule has 0 radical (unpaired) electrons. The molecule has 1 fully saturated rings. The van der Waals surface area contributed by atoms with Gasteiger partial charge in [0.05, 0.1) is 0 Å². The van der Waals surface area contributed by atoms with Gasteiger partial charge in [0.25, 0.3) is 0 Å². The molecule has 1 saturated heterocycles. The van der Waals surface area contributed by atoms with Crippen LogP contribution in [0.3, 0.4) is 0 Å². The van der Waals surface area contributed by atoms with Gasteiger partial charge in [0.1, 0.15) is 5.60 Å². The van der Waals surface area contributed by atoms with Crippen molar-refractivity contribution in [1.29, 1.82) is 0 Å². The van der Waals surface area contributed by atoms with E-state index in [9.17, 15) is 4.79 Å². The van der Waals surface area contributed by atoms with Crippen LogP contribution in [0.25, 0.3) is 0 Å². The Hall–Kier alpha value is -0.730. The highest BCUT2D eigenvalue weighted by atomic mass is 16.6. The largest absolute Gasteiger partial charge is 0.443 e. The summed E-state index contributed by atoms with van der Waals surface area (Å²) in [5, 5.41) is 0. The van der Waals surface area contributed by atoms with Gasteiger partial charge >= 0.3 is 6.09 Å². The Labute approximate surface area is 92.8 Å². The van der Waals surface area contributed by atoms with Crippen LogP contribution in [0, 0.1) is 0 Å². The van der Waals surface area contributed by atoms with Crippen LogP contribution in [0.1, 0.15) is 52.9 Å². The smallest absolute Gasteiger partial charge is 0.410 e. The Bertz CT molecular complexity index is 206. The molecule has 1 aliphatic rings. The SMILES string of the molecule is CCC(C)(C)OC(=O)N1CCCCCC1. The minimum Gasteiger partial charge on any atom is -0.443 e. The molecule has 3 nitrogen and oxygen atoms in total. The maximum atomic E-state index is 11.8. The zero-order chi connectivity index (χ0) is 11.3. The summed E-state index contributed by atoms with van der Waals surface area (Å²) in [4.78, 5) is 13.7. The first-order valence-electron chi connectivity index (χ1n) is 6.03. The van der Waals surface area contributed by atoms with E-state index in [0.717, 1.165) is 32.4 Å². The number of hydrogen-bond donors (Lipinski definition) is 0. The second kappa shape index (κ2) is 5.38. The molecule has 15 heavy (non-hydrogen) atoms. The molecule has 1 aliphatic heterocycles. The third kappa shape index (κ3) is 4.10. The van der Waals surface area contributed by atoms with Gasteiger partial charge < -0.3 is 9.64 Å². The predicted molar refractivity (Wildman–Crippen MR) is 60.9 cm³/mol. The number of amides is 1. The Kier molecular flexibility index (Phi) is 4.43. The summed E-state index contributed by atoms with van der Waals surface area (Å²) in [5.74, 6) is 0. The number of carbonyl (C=O) groups is 1. The molecule has 0 aromatic heterocycles. The van der Waals surface area contributed by atoms with Crippen molar-refractivity contribution in [2.45, 2.75) is 58.5 Å². The molecular formula is C12H23NO2. The van der Waals surface area contributed by atoms with E-state index >= 15 is 0 Å². The van der Waals surface area contributed by atoms with E-state index in [0.29, 0.717) is 0 Å². The fraction of sp³-hybridized carbons (Fsp3) is 0.917. The van der Waals surface area contributed by atoms with Gasteiger partial charge in [-0.1, -0.05) is 19.8 Å². The van der Waals surface area contributed by atoms with Gasteiger partial charge in [-0.25, -0.2) is 4.79 Å². The van der Waals surface area contributed by atoms with E-state index in [2.05, 4.69) is 0 Å². The lowest BCUT2D eigenvalue weighted by molar-refractivity contribution is 0.0120. The summed E-state index contributed by atoms with van der Waals surface area (Å²) in [7, 11) is 0. The number of carbonyl (C=O) groups excluding carboxylic acids is 1. The summed E-state index contributed by atoms with van der Waals surface area (Å²) in [6.07, 6.45) is 5.42. The van der Waals surface area contributed by atoms with E-state index in [4.69, 9.17) is 4.74 Å². The third-order valence-electron chi connectivity index (χ3n) is 3.08. The molecule has 1 amide bonds. The van der Waals surface area contributed by atoms with Crippen molar-refractivity contribution < 1.29 is 9.53 Å². The van der Waals surface area contributed by atoms with Crippen LogP contribution in [0.4, 0.5) is 4.79 Å². The molecule has 0 bridgehead atoms. The second-order valence-electron chi connectivity index (χ2n) is 4.88. The first-order chi connectivity index (χ1) is 7.05. The van der Waals surface area contributed by atoms with E-state index in [1.165, 1.54) is 12.8 Å². The van der Waals surface area contributed by atoms with E-state index in [-0.39, 0.29) is 11.7 Å². The fourth-order valence-electron chi connectivity index (χ4n) is 1.63. The molecule has 0 aliphatic carbocycles. The zero-order valence-corrected chi connectivity index (χ0v) is 10.2. The van der Waals surface area contributed by atoms with Crippen molar-refractivity contribution in [3.8, 4) is 0 Å². The molecular weight excluding hydrogens is 190 g/mol. The molecule has 0 N–H and O–H groups in total. The highest BCUT2D eigenvalue weighted by Crippen LogP contribution is 2.17. The maximum Gasteiger partial charge on any atom is 0.410 e. The topological polar surface area (TPSA) is 29.5 Å². The van der Waals surface area contributed by atoms with Gasteiger partial charge in [0.15, 0.2) is 0 Å². The van der Waals surface area contributed by atoms with Crippen molar-refractivity contribution in [2.75, 3.05) is 13.1 Å². The van der Waals surface area contributed by atoms with E-state index in [1.807, 2.05) is 25.7 Å². The minimum atomic E-state index is -0.330. The fourth-order valence-corrected chi connectivity index (χ4v) is 1.63. The Morgan fingerprint density at radius 1 is 1.20 bits per heavy atom. The van der Waals surface area contributed by atoms with Gasteiger partial charge in [-0.15, -0.1) is 0 Å². The highest BCUT2D eigenvalue weighted by molar-refractivity contribution is 5.68. The monoisotopic (exact) mass is 213 g/mol. The summed E-state index contributed by atoms with van der Waals surface area (Å²) < 4.78 is 5.47. The Balaban J connectivity index is 2.44. The molecule has 88 valence electrons. The molecule has 0 unspecified atom stereocenters. The van der Waals surface area contributed by atoms with Crippen LogP contribution in [-0.4, -0.2) is 29.7 Å². The molecule has 0 aromatic carbocycles. The molecule has 1 rings (SSSR count). The van der Waals surface area contributed by atoms with Crippen molar-refractivity contribution in [3.63, 3.8) is 0 Å². The van der Waals surface area contributed by atoms with Crippen LogP contribution >= 0.6 is 0 Å². The highest BCUT2D eigenvalue weighted by Gasteiger charge is 2.24. The summed E-state index contributed by atoms with van der Waals surface area (Å²) in [6, 6.07) is 0. The van der Waals surface area contributed by atoms with Gasteiger partial charge in [0, 0.05) is 13.1 Å². The standard InChI is InChI=1S/C12H23NO2/c1-4-12(2,3)15-11(14)13-9-7-5-6-8-10-13/h4-10H2,1-3H3. The van der Waals surface area contributed by atoms with Crippen LogP contribution in [0.5, 0.6) is 0 Å². The van der Waals surface area contributed by atoms with Crippen LogP contribution < -0.4 is 0 Å². The number of likely N-dealkylation sites (tertiary alicyclic amines) is 1. The number of nitrogens with zero attached hydrogens (tertiary/aromatic N) is 1. The Morgan fingerprint density at radius 3 is 2.20 bits per heavy atom. The lowest BCUT2D eigenvalue weighted by Crippen LogP contribution is -2.38. The number of ether oxygens (including phenoxy) is 1. The summed E-state index contributed by atoms with van der Waals surface area (Å²) in [5.41, 5.74) is -0.330. The van der Waals surface area contributed by atoms with E-state index in [1.54, 1.807) is 0 Å². The van der Waals surface area contributed by atoms with Gasteiger partial charge in [-0.05, 0) is 33.1 Å². The van der Waals surface area contributed by atoms with Crippen molar-refractivity contribution in [3.05, 3.63) is 0 Å². The van der Waals surface area contributed by atoms with E-state index < -0.39 is 0 Å². The van der Waals surface area contributed by atoms with Gasteiger partial charge in [-0.2, -0.15) is 0 Å². The second-order valence-corrected chi connectivity index (χ2v) is 4.88. The number of hydrogen-bond acceptors (Lipinski definition) is 2. The Morgan fingerprint density at radius 2 is 1.73 bits per heavy atom. The van der Waals surface area contributed by atoms with Crippen molar-refractivity contribution in [1.82, 2.24) is 4.90 Å². The lowest BCUT2D eigenvalue weighted by Gasteiger charge is -2.28. The first kappa shape index (κ1) is 12.3. The van der Waals surface area contributed by atoms with Gasteiger partial charge in [-0.3, -0.25) is 0 Å². The van der Waals surface area contributed by atoms with Crippen LogP contribution in [0.2, 0.25) is 0 Å². The van der Waals surface area contributed by atoms with Crippen LogP contribution in [-0.2, 0) is 4.74 Å². The molecule has 1 heterocycles. The molecule has 0 atom stereocenters.